The molecule has 0 aromatic heterocycles. The highest BCUT2D eigenvalue weighted by Crippen LogP contribution is 2.28. The van der Waals surface area contributed by atoms with Crippen LogP contribution in [0.4, 0.5) is 0 Å². The van der Waals surface area contributed by atoms with Crippen molar-refractivity contribution in [1.82, 2.24) is 5.32 Å². The maximum absolute atomic E-state index is 5.47. The molecule has 2 unspecified atom stereocenters. The summed E-state index contributed by atoms with van der Waals surface area (Å²) in [7, 11) is 0. The number of nitrogens with one attached hydrogen (secondary N) is 1. The van der Waals surface area contributed by atoms with E-state index in [1.807, 2.05) is 0 Å². The van der Waals surface area contributed by atoms with Crippen LogP contribution in [-0.2, 0) is 4.74 Å². The zero-order valence-electron chi connectivity index (χ0n) is 9.28. The molecule has 0 spiro atoms. The van der Waals surface area contributed by atoms with Crippen LogP contribution in [0.25, 0.3) is 0 Å². The summed E-state index contributed by atoms with van der Waals surface area (Å²) in [5, 5.41) is 3.56. The van der Waals surface area contributed by atoms with Crippen LogP contribution in [0, 0.1) is 5.92 Å². The van der Waals surface area contributed by atoms with Crippen LogP contribution >= 0.6 is 0 Å². The molecule has 1 aromatic carbocycles. The molecule has 0 bridgehead atoms. The minimum Gasteiger partial charge on any atom is -0.381 e. The Morgan fingerprint density at radius 3 is 2.80 bits per heavy atom. The highest BCUT2D eigenvalue weighted by atomic mass is 16.5. The summed E-state index contributed by atoms with van der Waals surface area (Å²) in [5.41, 5.74) is 1.38. The predicted molar refractivity (Wildman–Crippen MR) is 61.8 cm³/mol. The van der Waals surface area contributed by atoms with E-state index in [9.17, 15) is 0 Å². The van der Waals surface area contributed by atoms with Gasteiger partial charge in [0.25, 0.3) is 0 Å². The van der Waals surface area contributed by atoms with Crippen LogP contribution in [-0.4, -0.2) is 19.8 Å². The van der Waals surface area contributed by atoms with E-state index in [0.29, 0.717) is 12.0 Å². The molecule has 1 saturated heterocycles. The Morgan fingerprint density at radius 2 is 2.20 bits per heavy atom. The fourth-order valence-electron chi connectivity index (χ4n) is 2.25. The molecular weight excluding hydrogens is 186 g/mol. The minimum atomic E-state index is 0.457. The lowest BCUT2D eigenvalue weighted by molar-refractivity contribution is 0.177. The van der Waals surface area contributed by atoms with E-state index >= 15 is 0 Å². The Kier molecular flexibility index (Phi) is 3.75. The second-order valence-corrected chi connectivity index (χ2v) is 4.07. The maximum Gasteiger partial charge on any atom is 0.0513 e. The summed E-state index contributed by atoms with van der Waals surface area (Å²) in [6.07, 6.45) is 1.17. The smallest absolute Gasteiger partial charge is 0.0513 e. The quantitative estimate of drug-likeness (QED) is 0.815. The van der Waals surface area contributed by atoms with E-state index < -0.39 is 0 Å². The van der Waals surface area contributed by atoms with E-state index in [1.54, 1.807) is 0 Å². The van der Waals surface area contributed by atoms with Crippen LogP contribution in [0.15, 0.2) is 30.3 Å². The van der Waals surface area contributed by atoms with Gasteiger partial charge in [-0.1, -0.05) is 37.3 Å². The van der Waals surface area contributed by atoms with E-state index in [0.717, 1.165) is 19.8 Å². The van der Waals surface area contributed by atoms with Gasteiger partial charge in [-0.15, -0.1) is 0 Å². The first-order chi connectivity index (χ1) is 7.42. The van der Waals surface area contributed by atoms with Gasteiger partial charge in [0, 0.05) is 18.6 Å². The third-order valence-electron chi connectivity index (χ3n) is 3.02. The van der Waals surface area contributed by atoms with Crippen LogP contribution in [0.3, 0.4) is 0 Å². The highest BCUT2D eigenvalue weighted by molar-refractivity contribution is 5.20. The third kappa shape index (κ3) is 2.58. The van der Waals surface area contributed by atoms with Crippen LogP contribution in [0.2, 0.25) is 0 Å². The van der Waals surface area contributed by atoms with Crippen LogP contribution in [0.5, 0.6) is 0 Å². The van der Waals surface area contributed by atoms with Crippen molar-refractivity contribution in [2.75, 3.05) is 19.8 Å². The summed E-state index contributed by atoms with van der Waals surface area (Å²) in [6, 6.07) is 11.1. The molecular formula is C13H19NO. The molecule has 1 fully saturated rings. The third-order valence-corrected chi connectivity index (χ3v) is 3.02. The molecule has 15 heavy (non-hydrogen) atoms. The first-order valence-corrected chi connectivity index (χ1v) is 5.78. The van der Waals surface area contributed by atoms with Gasteiger partial charge in [0.05, 0.1) is 6.61 Å². The van der Waals surface area contributed by atoms with Gasteiger partial charge in [-0.25, -0.2) is 0 Å². The molecule has 1 aliphatic heterocycles. The summed E-state index contributed by atoms with van der Waals surface area (Å²) in [4.78, 5) is 0. The van der Waals surface area contributed by atoms with Gasteiger partial charge in [-0.2, -0.15) is 0 Å². The van der Waals surface area contributed by atoms with Crippen molar-refractivity contribution in [2.24, 2.45) is 5.92 Å². The van der Waals surface area contributed by atoms with E-state index in [1.165, 1.54) is 12.0 Å². The topological polar surface area (TPSA) is 21.3 Å². The zero-order chi connectivity index (χ0) is 10.5. The van der Waals surface area contributed by atoms with Crippen molar-refractivity contribution in [2.45, 2.75) is 19.4 Å². The van der Waals surface area contributed by atoms with Crippen molar-refractivity contribution in [3.8, 4) is 0 Å². The number of hydrogen-bond acceptors (Lipinski definition) is 2. The molecule has 0 aliphatic carbocycles. The summed E-state index contributed by atoms with van der Waals surface area (Å²) < 4.78 is 5.47. The Bertz CT molecular complexity index is 280. The van der Waals surface area contributed by atoms with Crippen molar-refractivity contribution in [3.05, 3.63) is 35.9 Å². The second kappa shape index (κ2) is 5.29. The van der Waals surface area contributed by atoms with Crippen molar-refractivity contribution in [1.29, 1.82) is 0 Å². The van der Waals surface area contributed by atoms with E-state index in [-0.39, 0.29) is 0 Å². The van der Waals surface area contributed by atoms with E-state index in [2.05, 4.69) is 42.6 Å². The Morgan fingerprint density at radius 1 is 1.40 bits per heavy atom. The standard InChI is InChI=1S/C13H19NO/c1-2-14-13(12-8-9-15-10-12)11-6-4-3-5-7-11/h3-7,12-14H,2,8-10H2,1H3. The SMILES string of the molecule is CCNC(c1ccccc1)C1CCOC1. The number of rotatable bonds is 4. The maximum atomic E-state index is 5.47. The second-order valence-electron chi connectivity index (χ2n) is 4.07. The number of ether oxygens (including phenoxy) is 1. The van der Waals surface area contributed by atoms with Gasteiger partial charge < -0.3 is 10.1 Å². The summed E-state index contributed by atoms with van der Waals surface area (Å²) >= 11 is 0. The average Bonchev–Trinajstić information content (AvgIpc) is 2.80. The lowest BCUT2D eigenvalue weighted by Crippen LogP contribution is -2.28. The normalized spacial score (nSPS) is 22.9. The highest BCUT2D eigenvalue weighted by Gasteiger charge is 2.25. The monoisotopic (exact) mass is 205 g/mol. The molecule has 1 heterocycles. The Balaban J connectivity index is 2.11. The fourth-order valence-corrected chi connectivity index (χ4v) is 2.25. The fraction of sp³-hybridized carbons (Fsp3) is 0.538. The molecule has 2 rings (SSSR count). The van der Waals surface area contributed by atoms with Gasteiger partial charge in [-0.3, -0.25) is 0 Å². The van der Waals surface area contributed by atoms with Gasteiger partial charge in [0.15, 0.2) is 0 Å². The van der Waals surface area contributed by atoms with Crippen LogP contribution in [0.1, 0.15) is 24.9 Å². The molecule has 2 heteroatoms. The lowest BCUT2D eigenvalue weighted by Gasteiger charge is -2.23. The zero-order valence-corrected chi connectivity index (χ0v) is 9.28. The average molecular weight is 205 g/mol. The summed E-state index contributed by atoms with van der Waals surface area (Å²) in [5.74, 6) is 0.632. The van der Waals surface area contributed by atoms with Gasteiger partial charge in [-0.05, 0) is 18.5 Å². The first-order valence-electron chi connectivity index (χ1n) is 5.78. The van der Waals surface area contributed by atoms with Gasteiger partial charge >= 0.3 is 0 Å². The lowest BCUT2D eigenvalue weighted by atomic mass is 9.92. The molecule has 1 N–H and O–H groups in total. The summed E-state index contributed by atoms with van der Waals surface area (Å²) in [6.45, 7) is 4.98. The molecule has 0 radical (unpaired) electrons. The predicted octanol–water partition coefficient (Wildman–Crippen LogP) is 2.37. The number of benzene rings is 1. The van der Waals surface area contributed by atoms with E-state index in [4.69, 9.17) is 4.74 Å². The molecule has 2 atom stereocenters. The molecule has 0 amide bonds. The van der Waals surface area contributed by atoms with Gasteiger partial charge in [0.2, 0.25) is 0 Å². The Labute approximate surface area is 91.6 Å². The number of hydrogen-bond donors (Lipinski definition) is 1. The molecule has 1 aromatic rings. The van der Waals surface area contributed by atoms with Crippen molar-refractivity contribution in [3.63, 3.8) is 0 Å². The molecule has 0 saturated carbocycles. The van der Waals surface area contributed by atoms with Crippen molar-refractivity contribution >= 4 is 0 Å². The Hall–Kier alpha value is -0.860. The molecule has 2 nitrogen and oxygen atoms in total. The van der Waals surface area contributed by atoms with Crippen molar-refractivity contribution < 1.29 is 4.74 Å². The minimum absolute atomic E-state index is 0.457. The van der Waals surface area contributed by atoms with Crippen LogP contribution < -0.4 is 5.32 Å². The van der Waals surface area contributed by atoms with Gasteiger partial charge in [0.1, 0.15) is 0 Å². The largest absolute Gasteiger partial charge is 0.381 e. The molecule has 82 valence electrons. The first kappa shape index (κ1) is 10.7. The molecule has 1 aliphatic rings.